The van der Waals surface area contributed by atoms with Crippen molar-refractivity contribution >= 4 is 14.9 Å². The van der Waals surface area contributed by atoms with Gasteiger partial charge in [-0.05, 0) is 0 Å². The standard InChI is InChI=1S/H3NO4P2/c1-7(4,5)6(2)3/h(H3,1,4,5). The van der Waals surface area contributed by atoms with Crippen LogP contribution in [0.4, 0.5) is 0 Å². The van der Waals surface area contributed by atoms with Crippen molar-refractivity contribution in [2.75, 3.05) is 0 Å². The van der Waals surface area contributed by atoms with E-state index in [1.165, 1.54) is 0 Å². The Morgan fingerprint density at radius 2 is 2.00 bits per heavy atom. The number of nitrogens with two attached hydrogens (primary N) is 1. The van der Waals surface area contributed by atoms with Crippen LogP contribution in [0.3, 0.4) is 0 Å². The summed E-state index contributed by atoms with van der Waals surface area (Å²) >= 11 is 0. The molecule has 0 saturated carbocycles. The summed E-state index contributed by atoms with van der Waals surface area (Å²) in [5.74, 6) is 0. The highest BCUT2D eigenvalue weighted by molar-refractivity contribution is 8.20. The van der Waals surface area contributed by atoms with Crippen LogP contribution in [0.5, 0.6) is 0 Å². The molecule has 0 aromatic heterocycles. The first-order valence-electron chi connectivity index (χ1n) is 1.21. The topological polar surface area (TPSA) is 103 Å². The molecular formula is H3NO4P2. The van der Waals surface area contributed by atoms with E-state index in [-0.39, 0.29) is 0 Å². The lowest BCUT2D eigenvalue weighted by Crippen LogP contribution is -1.94. The van der Waals surface area contributed by atoms with E-state index in [1.54, 1.807) is 0 Å². The van der Waals surface area contributed by atoms with Crippen molar-refractivity contribution < 1.29 is 18.9 Å². The molecule has 0 aliphatic heterocycles. The Balaban J connectivity index is 4.09. The summed E-state index contributed by atoms with van der Waals surface area (Å²) in [5.41, 5.74) is 4.19. The molecule has 0 fully saturated rings. The van der Waals surface area contributed by atoms with Crippen LogP contribution in [0.2, 0.25) is 0 Å². The summed E-state index contributed by atoms with van der Waals surface area (Å²) in [6, 6.07) is 0. The van der Waals surface area contributed by atoms with Crippen molar-refractivity contribution in [2.24, 2.45) is 5.50 Å². The molecular weight excluding hydrogens is 140 g/mol. The number of rotatable bonds is 1. The van der Waals surface area contributed by atoms with Crippen molar-refractivity contribution in [2.45, 2.75) is 0 Å². The second kappa shape index (κ2) is 1.99. The highest BCUT2D eigenvalue weighted by Gasteiger charge is 2.27. The van der Waals surface area contributed by atoms with Crippen LogP contribution in [-0.2, 0) is 9.13 Å². The normalized spacial score (nSPS) is 20.7. The minimum Gasteiger partial charge on any atom is -0.588 e. The molecule has 42 valence electrons. The second-order valence-electron chi connectivity index (χ2n) is 0.827. The molecule has 5 nitrogen and oxygen atoms in total. The van der Waals surface area contributed by atoms with E-state index in [2.05, 4.69) is 5.50 Å². The Kier molecular flexibility index (Phi) is 2.05. The molecule has 0 aromatic rings. The average molecular weight is 143 g/mol. The molecule has 0 spiro atoms. The minimum absolute atomic E-state index is 3.35. The van der Waals surface area contributed by atoms with E-state index in [1.807, 2.05) is 0 Å². The smallest absolute Gasteiger partial charge is 0.494 e. The van der Waals surface area contributed by atoms with E-state index in [0.717, 1.165) is 0 Å². The zero-order valence-electron chi connectivity index (χ0n) is 3.14. The predicted molar refractivity (Wildman–Crippen MR) is 21.6 cm³/mol. The van der Waals surface area contributed by atoms with Gasteiger partial charge in [0, 0.05) is 0 Å². The fraction of sp³-hybridized carbons (Fsp3) is 0. The van der Waals surface area contributed by atoms with Crippen LogP contribution >= 0.6 is 14.9 Å². The average Bonchev–Trinajstić information content (AvgIpc) is 1.31. The minimum atomic E-state index is -4.28. The number of hydrogen-bond acceptors (Lipinski definition) is 3. The Bertz CT molecular complexity index is 122. The Morgan fingerprint density at radius 3 is 2.00 bits per heavy atom. The van der Waals surface area contributed by atoms with E-state index in [9.17, 15) is 14.0 Å². The zero-order chi connectivity index (χ0) is 6.08. The van der Waals surface area contributed by atoms with Gasteiger partial charge < -0.3 is 4.89 Å². The van der Waals surface area contributed by atoms with Crippen molar-refractivity contribution in [3.63, 3.8) is 0 Å². The van der Waals surface area contributed by atoms with Gasteiger partial charge in [0.1, 0.15) is 0 Å². The van der Waals surface area contributed by atoms with Crippen LogP contribution in [0, 0.1) is 0 Å². The van der Waals surface area contributed by atoms with Crippen molar-refractivity contribution in [1.82, 2.24) is 0 Å². The fourth-order valence-corrected chi connectivity index (χ4v) is 0. The lowest BCUT2D eigenvalue weighted by molar-refractivity contribution is -0.159. The van der Waals surface area contributed by atoms with Crippen LogP contribution in [0.25, 0.3) is 0 Å². The quantitative estimate of drug-likeness (QED) is 0.465. The van der Waals surface area contributed by atoms with Gasteiger partial charge in [-0.15, -0.1) is 0 Å². The molecule has 0 bridgehead atoms. The van der Waals surface area contributed by atoms with Gasteiger partial charge in [0.2, 0.25) is 0 Å². The van der Waals surface area contributed by atoms with Gasteiger partial charge in [-0.1, -0.05) is 4.57 Å². The van der Waals surface area contributed by atoms with Crippen LogP contribution < -0.4 is 10.4 Å². The summed E-state index contributed by atoms with van der Waals surface area (Å²) in [6.45, 7) is 0. The van der Waals surface area contributed by atoms with Crippen LogP contribution in [0.15, 0.2) is 0 Å². The van der Waals surface area contributed by atoms with Gasteiger partial charge in [-0.3, -0.25) is 4.89 Å². The van der Waals surface area contributed by atoms with Crippen LogP contribution in [-0.4, -0.2) is 4.89 Å². The molecule has 0 aliphatic rings. The third kappa shape index (κ3) is 2.85. The maximum Gasteiger partial charge on any atom is 0.494 e. The summed E-state index contributed by atoms with van der Waals surface area (Å²) < 4.78 is 19.1. The Morgan fingerprint density at radius 1 is 1.86 bits per heavy atom. The maximum atomic E-state index is 9.65. The lowest BCUT2D eigenvalue weighted by Gasteiger charge is -1.87. The van der Waals surface area contributed by atoms with Gasteiger partial charge in [-0.2, -0.15) is 0 Å². The van der Waals surface area contributed by atoms with Gasteiger partial charge in [0.25, 0.3) is 0 Å². The molecule has 0 aromatic carbocycles. The van der Waals surface area contributed by atoms with E-state index < -0.39 is 14.9 Å². The van der Waals surface area contributed by atoms with E-state index in [4.69, 9.17) is 4.89 Å². The molecule has 0 saturated heterocycles. The molecule has 2 unspecified atom stereocenters. The SMILES string of the molecule is NP(=O)(O)[P+](=O)[O-]. The van der Waals surface area contributed by atoms with Crippen molar-refractivity contribution in [3.8, 4) is 0 Å². The lowest BCUT2D eigenvalue weighted by atomic mass is 13.9. The third-order valence-corrected chi connectivity index (χ3v) is 2.11. The summed E-state index contributed by atoms with van der Waals surface area (Å²) in [6.07, 6.45) is 0. The third-order valence-electron chi connectivity index (χ3n) is 0.234. The highest BCUT2D eigenvalue weighted by atomic mass is 32.1. The molecule has 0 heterocycles. The molecule has 0 aliphatic carbocycles. The van der Waals surface area contributed by atoms with Crippen LogP contribution in [0.1, 0.15) is 0 Å². The maximum absolute atomic E-state index is 9.65. The summed E-state index contributed by atoms with van der Waals surface area (Å²) in [7, 11) is -7.64. The molecule has 7 heteroatoms. The Hall–Kier alpha value is 0.210. The van der Waals surface area contributed by atoms with Gasteiger partial charge in [-0.25, -0.2) is 10.1 Å². The second-order valence-corrected chi connectivity index (χ2v) is 5.18. The molecule has 3 N–H and O–H groups in total. The number of hydrogen-bond donors (Lipinski definition) is 2. The van der Waals surface area contributed by atoms with Crippen molar-refractivity contribution in [3.05, 3.63) is 0 Å². The first-order chi connectivity index (χ1) is 2.94. The summed E-state index contributed by atoms with van der Waals surface area (Å²) in [5, 5.41) is 0. The molecule has 2 atom stereocenters. The predicted octanol–water partition coefficient (Wildman–Crippen LogP) is -0.852. The Labute approximate surface area is 40.4 Å². The van der Waals surface area contributed by atoms with E-state index >= 15 is 0 Å². The fourth-order valence-electron chi connectivity index (χ4n) is 0. The molecule has 0 amide bonds. The molecule has 0 radical (unpaired) electrons. The monoisotopic (exact) mass is 143 g/mol. The zero-order valence-corrected chi connectivity index (χ0v) is 4.93. The van der Waals surface area contributed by atoms with Gasteiger partial charge in [0.05, 0.1) is 0 Å². The molecule has 0 rings (SSSR count). The van der Waals surface area contributed by atoms with Crippen molar-refractivity contribution in [1.29, 1.82) is 0 Å². The first kappa shape index (κ1) is 7.21. The molecule has 7 heavy (non-hydrogen) atoms. The highest BCUT2D eigenvalue weighted by Crippen LogP contribution is 2.52. The van der Waals surface area contributed by atoms with Gasteiger partial charge in [0.15, 0.2) is 0 Å². The summed E-state index contributed by atoms with van der Waals surface area (Å²) in [4.78, 5) is 17.3. The van der Waals surface area contributed by atoms with Gasteiger partial charge >= 0.3 is 14.9 Å². The van der Waals surface area contributed by atoms with E-state index in [0.29, 0.717) is 0 Å². The largest absolute Gasteiger partial charge is 0.588 e. The first-order valence-corrected chi connectivity index (χ1v) is 4.82.